The van der Waals surface area contributed by atoms with Crippen LogP contribution in [0.3, 0.4) is 0 Å². The summed E-state index contributed by atoms with van der Waals surface area (Å²) in [4.78, 5) is 61.9. The molecular weight excluding hydrogens is 945 g/mol. The Morgan fingerprint density at radius 2 is 1.20 bits per heavy atom. The van der Waals surface area contributed by atoms with Crippen molar-refractivity contribution in [1.82, 2.24) is 9.55 Å². The quantitative estimate of drug-likeness (QED) is 0.0176. The van der Waals surface area contributed by atoms with Crippen LogP contribution in [-0.2, 0) is 46.3 Å². The van der Waals surface area contributed by atoms with Gasteiger partial charge < -0.3 is 39.9 Å². The maximum Gasteiger partial charge on any atom is 0.481 e. The molecule has 1 fully saturated rings. The van der Waals surface area contributed by atoms with Gasteiger partial charge in [-0.15, -0.1) is 0 Å². The van der Waals surface area contributed by atoms with Gasteiger partial charge in [-0.2, -0.15) is 9.29 Å². The summed E-state index contributed by atoms with van der Waals surface area (Å²) < 4.78 is 56.8. The number of phosphoric ester groups is 2. The molecule has 3 unspecified atom stereocenters. The van der Waals surface area contributed by atoms with Crippen molar-refractivity contribution in [2.24, 2.45) is 0 Å². The zero-order valence-electron chi connectivity index (χ0n) is 41.8. The van der Waals surface area contributed by atoms with Crippen molar-refractivity contribution in [3.8, 4) is 0 Å². The summed E-state index contributed by atoms with van der Waals surface area (Å²) in [6.07, 6.45) is 36.1. The van der Waals surface area contributed by atoms with Crippen molar-refractivity contribution in [1.29, 1.82) is 0 Å². The number of aliphatic hydroxyl groups excluding tert-OH is 2. The number of anilines is 1. The molecule has 18 nitrogen and oxygen atoms in total. The first-order valence-corrected chi connectivity index (χ1v) is 28.6. The van der Waals surface area contributed by atoms with Crippen LogP contribution in [0.25, 0.3) is 0 Å². The van der Waals surface area contributed by atoms with E-state index in [-0.39, 0.29) is 18.7 Å². The molecule has 1 aromatic heterocycles. The number of nitrogens with two attached hydrogens (primary N) is 1. The van der Waals surface area contributed by atoms with Gasteiger partial charge in [0.1, 0.15) is 30.7 Å². The highest BCUT2D eigenvalue weighted by molar-refractivity contribution is 7.61. The molecule has 20 heteroatoms. The van der Waals surface area contributed by atoms with E-state index >= 15 is 0 Å². The van der Waals surface area contributed by atoms with Crippen molar-refractivity contribution in [2.75, 3.05) is 25.6 Å². The summed E-state index contributed by atoms with van der Waals surface area (Å²) >= 11 is 0. The van der Waals surface area contributed by atoms with E-state index in [0.29, 0.717) is 12.8 Å². The van der Waals surface area contributed by atoms with Crippen molar-refractivity contribution in [3.05, 3.63) is 71.4 Å². The number of carbonyl (C=O) groups excluding carboxylic acids is 2. The maximum absolute atomic E-state index is 12.9. The number of nitrogens with zero attached hydrogens (tertiary/aromatic N) is 2. The monoisotopic (exact) mass is 1030 g/mol. The molecular formula is C50H85N3O15P2. The first-order valence-electron chi connectivity index (χ1n) is 25.6. The molecule has 0 radical (unpaired) electrons. The summed E-state index contributed by atoms with van der Waals surface area (Å²) in [5.41, 5.74) is 4.59. The van der Waals surface area contributed by atoms with E-state index in [1.165, 1.54) is 70.3 Å². The number of hydrogen-bond donors (Lipinski definition) is 5. The van der Waals surface area contributed by atoms with Crippen molar-refractivity contribution < 1.29 is 66.3 Å². The Hall–Kier alpha value is -3.28. The third kappa shape index (κ3) is 30.6. The second-order valence-electron chi connectivity index (χ2n) is 17.6. The largest absolute Gasteiger partial charge is 0.481 e. The fraction of sp³-hybridized carbons (Fsp3) is 0.720. The number of carbonyl (C=O) groups is 2. The smallest absolute Gasteiger partial charge is 0.462 e. The minimum Gasteiger partial charge on any atom is -0.462 e. The highest BCUT2D eigenvalue weighted by Crippen LogP contribution is 2.60. The Balaban J connectivity index is 1.81. The molecule has 0 spiro atoms. The molecule has 70 heavy (non-hydrogen) atoms. The third-order valence-corrected chi connectivity index (χ3v) is 14.0. The van der Waals surface area contributed by atoms with Crippen LogP contribution in [0.5, 0.6) is 0 Å². The standard InChI is InChI=1S/C50H85N3O15P2/c1-3-5-7-9-11-13-15-17-19-20-22-24-26-28-30-32-34-36-46(55)66-42(39-63-45(54)35-33-31-29-27-25-23-21-18-16-14-12-10-8-6-4-2)40-64-69(59,60)68-70(61,62)65-41-43-47(56)48(57)49(67-43)53-38-37-44(51)52-50(53)58/h5,7,11,13,17,19,22,24,37-38,42-43,47-49,56-57H,3-4,6,8-10,12,14-16,18,20-21,23,25-36,39-41H2,1-2H3,(H,59,60)(H,61,62)(H2,51,52,58)/b7-5-,13-11-,19-17-,24-22-/t42-,43-,47+,48?,49-/m1/s1. The highest BCUT2D eigenvalue weighted by atomic mass is 31.3. The van der Waals surface area contributed by atoms with E-state index in [2.05, 4.69) is 71.8 Å². The first kappa shape index (κ1) is 62.8. The number of hydrogen-bond acceptors (Lipinski definition) is 15. The molecule has 0 aromatic carbocycles. The Bertz CT molecular complexity index is 1860. The number of phosphoric acid groups is 2. The lowest BCUT2D eigenvalue weighted by Gasteiger charge is -2.21. The van der Waals surface area contributed by atoms with Gasteiger partial charge in [-0.25, -0.2) is 13.9 Å². The van der Waals surface area contributed by atoms with E-state index < -0.39 is 83.7 Å². The lowest BCUT2D eigenvalue weighted by atomic mass is 10.0. The molecule has 0 amide bonds. The molecule has 400 valence electrons. The average Bonchev–Trinajstić information content (AvgIpc) is 3.59. The summed E-state index contributed by atoms with van der Waals surface area (Å²) in [7, 11) is -10.9. The Morgan fingerprint density at radius 1 is 0.700 bits per heavy atom. The number of ether oxygens (including phenoxy) is 3. The van der Waals surface area contributed by atoms with Crippen molar-refractivity contribution in [2.45, 2.75) is 211 Å². The Morgan fingerprint density at radius 3 is 1.76 bits per heavy atom. The first-order chi connectivity index (χ1) is 33.7. The molecule has 6 N–H and O–H groups in total. The van der Waals surface area contributed by atoms with Gasteiger partial charge in [-0.3, -0.25) is 23.2 Å². The molecule has 1 aliphatic rings. The summed E-state index contributed by atoms with van der Waals surface area (Å²) in [5.74, 6) is -1.32. The van der Waals surface area contributed by atoms with Crippen molar-refractivity contribution >= 4 is 33.4 Å². The third-order valence-electron chi connectivity index (χ3n) is 11.4. The van der Waals surface area contributed by atoms with E-state index in [0.717, 1.165) is 87.8 Å². The predicted molar refractivity (Wildman–Crippen MR) is 270 cm³/mol. The molecule has 7 atom stereocenters. The van der Waals surface area contributed by atoms with Crippen LogP contribution in [0, 0.1) is 0 Å². The van der Waals surface area contributed by atoms with Crippen LogP contribution >= 0.6 is 15.6 Å². The van der Waals surface area contributed by atoms with E-state index in [1.54, 1.807) is 0 Å². The fourth-order valence-corrected chi connectivity index (χ4v) is 9.59. The van der Waals surface area contributed by atoms with Gasteiger partial charge in [-0.1, -0.05) is 165 Å². The van der Waals surface area contributed by atoms with Gasteiger partial charge in [0.2, 0.25) is 0 Å². The molecule has 1 aliphatic heterocycles. The fourth-order valence-electron chi connectivity index (χ4n) is 7.48. The lowest BCUT2D eigenvalue weighted by Crippen LogP contribution is -2.36. The molecule has 0 saturated carbocycles. The Kier molecular flexibility index (Phi) is 34.4. The Labute approximate surface area is 416 Å². The maximum atomic E-state index is 12.9. The van der Waals surface area contributed by atoms with Gasteiger partial charge in [0.25, 0.3) is 0 Å². The summed E-state index contributed by atoms with van der Waals surface area (Å²) in [5, 5.41) is 20.9. The summed E-state index contributed by atoms with van der Waals surface area (Å²) in [6.45, 7) is 2.03. The van der Waals surface area contributed by atoms with Gasteiger partial charge in [0.15, 0.2) is 12.3 Å². The molecule has 0 bridgehead atoms. The SMILES string of the molecule is CC/C=C\C/C=C\C/C=C\C/C=C\CCCCCCC(=O)O[C@H](COC(=O)CCCCCCCCCCCCCCCCC)COP(=O)(O)OP(=O)(O)OC[C@H]1O[C@@H](n2ccc(N)nc2=O)C(O)[C@H]1O. The topological polar surface area (TPSA) is 265 Å². The zero-order valence-corrected chi connectivity index (χ0v) is 43.6. The molecule has 2 rings (SSSR count). The van der Waals surface area contributed by atoms with E-state index in [4.69, 9.17) is 29.0 Å². The van der Waals surface area contributed by atoms with Crippen LogP contribution in [0.15, 0.2) is 65.7 Å². The number of unbranched alkanes of at least 4 members (excludes halogenated alkanes) is 18. The second kappa shape index (κ2) is 38.4. The van der Waals surface area contributed by atoms with Crippen LogP contribution in [0.4, 0.5) is 5.82 Å². The summed E-state index contributed by atoms with van der Waals surface area (Å²) in [6, 6.07) is 1.25. The van der Waals surface area contributed by atoms with Gasteiger partial charge >= 0.3 is 33.3 Å². The van der Waals surface area contributed by atoms with E-state index in [9.17, 15) is 43.5 Å². The van der Waals surface area contributed by atoms with E-state index in [1.807, 2.05) is 0 Å². The van der Waals surface area contributed by atoms with Crippen LogP contribution < -0.4 is 11.4 Å². The lowest BCUT2D eigenvalue weighted by molar-refractivity contribution is -0.161. The second-order valence-corrected chi connectivity index (χ2v) is 20.7. The number of aliphatic hydroxyl groups is 2. The molecule has 0 aliphatic carbocycles. The number of allylic oxidation sites excluding steroid dienone is 8. The molecule has 1 saturated heterocycles. The van der Waals surface area contributed by atoms with Crippen LogP contribution in [0.1, 0.15) is 187 Å². The van der Waals surface area contributed by atoms with Crippen molar-refractivity contribution in [3.63, 3.8) is 0 Å². The number of aromatic nitrogens is 2. The zero-order chi connectivity index (χ0) is 51.3. The number of esters is 2. The highest BCUT2D eigenvalue weighted by Gasteiger charge is 2.46. The van der Waals surface area contributed by atoms with Crippen LogP contribution in [-0.4, -0.2) is 85.7 Å². The normalized spacial score (nSPS) is 19.6. The minimum absolute atomic E-state index is 0.0225. The van der Waals surface area contributed by atoms with Crippen LogP contribution in [0.2, 0.25) is 0 Å². The van der Waals surface area contributed by atoms with Gasteiger partial charge in [0.05, 0.1) is 13.2 Å². The average molecular weight is 1030 g/mol. The molecule has 2 heterocycles. The number of rotatable bonds is 42. The van der Waals surface area contributed by atoms with Gasteiger partial charge in [0, 0.05) is 19.0 Å². The molecule has 1 aromatic rings. The minimum atomic E-state index is -5.43. The van der Waals surface area contributed by atoms with Gasteiger partial charge in [-0.05, 0) is 57.4 Å². The number of nitrogen functional groups attached to an aromatic ring is 1. The predicted octanol–water partition coefficient (Wildman–Crippen LogP) is 10.6.